The Bertz CT molecular complexity index is 824. The second-order valence-corrected chi connectivity index (χ2v) is 6.27. The van der Waals surface area contributed by atoms with Crippen LogP contribution in [0.4, 0.5) is 22.7 Å². The summed E-state index contributed by atoms with van der Waals surface area (Å²) in [6.07, 6.45) is -3.62. The van der Waals surface area contributed by atoms with Crippen molar-refractivity contribution in [1.82, 2.24) is 4.98 Å². The lowest BCUT2D eigenvalue weighted by molar-refractivity contribution is -0.137. The van der Waals surface area contributed by atoms with Crippen molar-refractivity contribution in [3.05, 3.63) is 70.9 Å². The molecule has 2 aromatic carbocycles. The van der Waals surface area contributed by atoms with Gasteiger partial charge in [0.25, 0.3) is 0 Å². The lowest BCUT2D eigenvalue weighted by Gasteiger charge is -2.06. The van der Waals surface area contributed by atoms with Gasteiger partial charge in [-0.1, -0.05) is 24.3 Å². The molecular formula is C18H14F4N2S. The van der Waals surface area contributed by atoms with Crippen LogP contribution in [0.15, 0.2) is 53.9 Å². The van der Waals surface area contributed by atoms with E-state index in [9.17, 15) is 17.6 Å². The number of hydrogen-bond donors (Lipinski definition) is 1. The van der Waals surface area contributed by atoms with Crippen LogP contribution in [0.25, 0.3) is 11.3 Å². The fourth-order valence-corrected chi connectivity index (χ4v) is 3.03. The average Bonchev–Trinajstić information content (AvgIpc) is 3.05. The third-order valence-corrected chi connectivity index (χ3v) is 4.42. The second-order valence-electron chi connectivity index (χ2n) is 5.42. The Morgan fingerprint density at radius 2 is 1.64 bits per heavy atom. The summed E-state index contributed by atoms with van der Waals surface area (Å²) in [5, 5.41) is 5.65. The number of nitrogens with one attached hydrogen (secondary N) is 1. The third kappa shape index (κ3) is 4.57. The van der Waals surface area contributed by atoms with Crippen molar-refractivity contribution in [1.29, 1.82) is 0 Å². The molecule has 3 aromatic rings. The van der Waals surface area contributed by atoms with Crippen molar-refractivity contribution in [2.75, 3.05) is 11.9 Å². The summed E-state index contributed by atoms with van der Waals surface area (Å²) < 4.78 is 50.6. The van der Waals surface area contributed by atoms with Crippen LogP contribution in [0.1, 0.15) is 11.1 Å². The van der Waals surface area contributed by atoms with Gasteiger partial charge in [0.05, 0.1) is 11.3 Å². The van der Waals surface area contributed by atoms with Gasteiger partial charge in [-0.15, -0.1) is 11.3 Å². The van der Waals surface area contributed by atoms with Gasteiger partial charge in [-0.2, -0.15) is 13.2 Å². The molecule has 0 atom stereocenters. The molecule has 0 saturated carbocycles. The van der Waals surface area contributed by atoms with Gasteiger partial charge in [-0.25, -0.2) is 9.37 Å². The maximum Gasteiger partial charge on any atom is 0.416 e. The SMILES string of the molecule is Fc1ccc(CCNc2nc(-c3ccc(C(F)(F)F)cc3)cs2)cc1. The van der Waals surface area contributed by atoms with Crippen molar-refractivity contribution >= 4 is 16.5 Å². The predicted octanol–water partition coefficient (Wildman–Crippen LogP) is 5.62. The zero-order valence-electron chi connectivity index (χ0n) is 13.0. The molecule has 3 rings (SSSR count). The molecule has 0 aliphatic rings. The zero-order valence-corrected chi connectivity index (χ0v) is 13.8. The Kier molecular flexibility index (Phi) is 5.03. The molecule has 0 amide bonds. The molecule has 0 fully saturated rings. The smallest absolute Gasteiger partial charge is 0.361 e. The zero-order chi connectivity index (χ0) is 17.9. The molecule has 130 valence electrons. The Morgan fingerprint density at radius 3 is 2.28 bits per heavy atom. The van der Waals surface area contributed by atoms with E-state index in [1.165, 1.54) is 35.6 Å². The molecule has 0 bridgehead atoms. The van der Waals surface area contributed by atoms with Crippen molar-refractivity contribution in [3.8, 4) is 11.3 Å². The van der Waals surface area contributed by atoms with E-state index < -0.39 is 11.7 Å². The monoisotopic (exact) mass is 366 g/mol. The van der Waals surface area contributed by atoms with Crippen LogP contribution in [0.2, 0.25) is 0 Å². The van der Waals surface area contributed by atoms with Gasteiger partial charge in [-0.05, 0) is 36.2 Å². The van der Waals surface area contributed by atoms with Gasteiger partial charge in [0.1, 0.15) is 5.82 Å². The van der Waals surface area contributed by atoms with Gasteiger partial charge >= 0.3 is 6.18 Å². The van der Waals surface area contributed by atoms with E-state index in [2.05, 4.69) is 10.3 Å². The summed E-state index contributed by atoms with van der Waals surface area (Å²) in [5.74, 6) is -0.266. The van der Waals surface area contributed by atoms with Crippen molar-refractivity contribution in [3.63, 3.8) is 0 Å². The minimum Gasteiger partial charge on any atom is -0.361 e. The minimum atomic E-state index is -4.34. The van der Waals surface area contributed by atoms with Crippen molar-refractivity contribution in [2.45, 2.75) is 12.6 Å². The van der Waals surface area contributed by atoms with Crippen LogP contribution in [0.5, 0.6) is 0 Å². The van der Waals surface area contributed by atoms with Crippen LogP contribution in [0.3, 0.4) is 0 Å². The Labute approximate surface area is 146 Å². The van der Waals surface area contributed by atoms with Gasteiger partial charge in [-0.3, -0.25) is 0 Å². The molecule has 0 radical (unpaired) electrons. The van der Waals surface area contributed by atoms with Gasteiger partial charge < -0.3 is 5.32 Å². The normalized spacial score (nSPS) is 11.5. The highest BCUT2D eigenvalue weighted by atomic mass is 32.1. The first kappa shape index (κ1) is 17.4. The van der Waals surface area contributed by atoms with Gasteiger partial charge in [0.2, 0.25) is 0 Å². The van der Waals surface area contributed by atoms with E-state index in [1.807, 2.05) is 0 Å². The highest BCUT2D eigenvalue weighted by Gasteiger charge is 2.30. The number of alkyl halides is 3. The van der Waals surface area contributed by atoms with E-state index in [4.69, 9.17) is 0 Å². The van der Waals surface area contributed by atoms with Crippen molar-refractivity contribution in [2.24, 2.45) is 0 Å². The number of anilines is 1. The largest absolute Gasteiger partial charge is 0.416 e. The molecule has 0 saturated heterocycles. The fraction of sp³-hybridized carbons (Fsp3) is 0.167. The number of aromatic nitrogens is 1. The van der Waals surface area contributed by atoms with Crippen LogP contribution in [-0.2, 0) is 12.6 Å². The molecule has 25 heavy (non-hydrogen) atoms. The molecular weight excluding hydrogens is 352 g/mol. The fourth-order valence-electron chi connectivity index (χ4n) is 2.28. The lowest BCUT2D eigenvalue weighted by Crippen LogP contribution is -2.04. The molecule has 0 aliphatic heterocycles. The standard InChI is InChI=1S/C18H14F4N2S/c19-15-7-1-12(2-8-15)9-10-23-17-24-16(11-25-17)13-3-5-14(6-4-13)18(20,21)22/h1-8,11H,9-10H2,(H,23,24). The summed E-state index contributed by atoms with van der Waals surface area (Å²) in [5.41, 5.74) is 1.59. The first-order chi connectivity index (χ1) is 11.9. The maximum atomic E-state index is 12.8. The Morgan fingerprint density at radius 1 is 0.960 bits per heavy atom. The molecule has 2 nitrogen and oxygen atoms in total. The minimum absolute atomic E-state index is 0.266. The third-order valence-electron chi connectivity index (χ3n) is 3.62. The number of thiazole rings is 1. The highest BCUT2D eigenvalue weighted by molar-refractivity contribution is 7.14. The van der Waals surface area contributed by atoms with Crippen LogP contribution in [0, 0.1) is 5.82 Å². The Hall–Kier alpha value is -2.41. The molecule has 1 N–H and O–H groups in total. The summed E-state index contributed by atoms with van der Waals surface area (Å²) in [6, 6.07) is 11.2. The van der Waals surface area contributed by atoms with E-state index in [1.54, 1.807) is 17.5 Å². The molecule has 7 heteroatoms. The van der Waals surface area contributed by atoms with Crippen LogP contribution >= 0.6 is 11.3 Å². The average molecular weight is 366 g/mol. The number of benzene rings is 2. The second kappa shape index (κ2) is 7.23. The number of hydrogen-bond acceptors (Lipinski definition) is 3. The number of nitrogens with zero attached hydrogens (tertiary/aromatic N) is 1. The summed E-state index contributed by atoms with van der Waals surface area (Å²) in [7, 11) is 0. The highest BCUT2D eigenvalue weighted by Crippen LogP contribution is 2.31. The van der Waals surface area contributed by atoms with E-state index in [0.29, 0.717) is 22.9 Å². The first-order valence-electron chi connectivity index (χ1n) is 7.53. The first-order valence-corrected chi connectivity index (χ1v) is 8.41. The van der Waals surface area contributed by atoms with Gasteiger partial charge in [0.15, 0.2) is 5.13 Å². The molecule has 0 aliphatic carbocycles. The van der Waals surface area contributed by atoms with Crippen LogP contribution < -0.4 is 5.32 Å². The Balaban J connectivity index is 1.59. The maximum absolute atomic E-state index is 12.8. The molecule has 0 spiro atoms. The summed E-state index contributed by atoms with van der Waals surface area (Å²) >= 11 is 1.39. The molecule has 1 heterocycles. The quantitative estimate of drug-likeness (QED) is 0.593. The van der Waals surface area contributed by atoms with E-state index >= 15 is 0 Å². The van der Waals surface area contributed by atoms with Gasteiger partial charge in [0, 0.05) is 17.5 Å². The summed E-state index contributed by atoms with van der Waals surface area (Å²) in [6.45, 7) is 0.631. The van der Waals surface area contributed by atoms with E-state index in [0.717, 1.165) is 24.1 Å². The van der Waals surface area contributed by atoms with E-state index in [-0.39, 0.29) is 5.82 Å². The lowest BCUT2D eigenvalue weighted by atomic mass is 10.1. The number of rotatable bonds is 5. The molecule has 0 unspecified atom stereocenters. The topological polar surface area (TPSA) is 24.9 Å². The van der Waals surface area contributed by atoms with Crippen molar-refractivity contribution < 1.29 is 17.6 Å². The summed E-state index contributed by atoms with van der Waals surface area (Å²) in [4.78, 5) is 4.38. The number of halogens is 4. The van der Waals surface area contributed by atoms with Crippen LogP contribution in [-0.4, -0.2) is 11.5 Å². The predicted molar refractivity (Wildman–Crippen MR) is 91.1 cm³/mol. The molecule has 1 aromatic heterocycles.